The number of fused-ring (bicyclic) bond motifs is 1. The zero-order valence-electron chi connectivity index (χ0n) is 11.6. The summed E-state index contributed by atoms with van der Waals surface area (Å²) in [6.07, 6.45) is 0. The lowest BCUT2D eigenvalue weighted by atomic mass is 9.88. The number of nitrogens with one attached hydrogen (secondary N) is 1. The maximum absolute atomic E-state index is 11.8. The molecule has 1 aliphatic rings. The van der Waals surface area contributed by atoms with Crippen LogP contribution in [-0.4, -0.2) is 16.9 Å². The second-order valence-corrected chi connectivity index (χ2v) is 6.48. The summed E-state index contributed by atoms with van der Waals surface area (Å²) in [6.45, 7) is 1.61. The van der Waals surface area contributed by atoms with E-state index >= 15 is 0 Å². The van der Waals surface area contributed by atoms with Gasteiger partial charge in [-0.3, -0.25) is 0 Å². The second-order valence-electron chi connectivity index (χ2n) is 5.16. The molecule has 0 amide bonds. The van der Waals surface area contributed by atoms with E-state index < -0.39 is 11.5 Å². The van der Waals surface area contributed by atoms with Crippen molar-refractivity contribution in [2.24, 2.45) is 4.99 Å². The highest BCUT2D eigenvalue weighted by Crippen LogP contribution is 2.39. The molecule has 112 valence electrons. The topological polar surface area (TPSA) is 61.7 Å². The molecular weight excluding hydrogens is 368 g/mol. The van der Waals surface area contributed by atoms with Gasteiger partial charge >= 0.3 is 5.97 Å². The lowest BCUT2D eigenvalue weighted by molar-refractivity contribution is -0.143. The van der Waals surface area contributed by atoms with Crippen LogP contribution in [0.3, 0.4) is 0 Å². The van der Waals surface area contributed by atoms with Crippen molar-refractivity contribution in [3.8, 4) is 0 Å². The van der Waals surface area contributed by atoms with Crippen LogP contribution < -0.4 is 5.32 Å². The van der Waals surface area contributed by atoms with Gasteiger partial charge in [-0.25, -0.2) is 9.79 Å². The molecule has 0 fully saturated rings. The number of carbonyl (C=O) groups is 1. The Labute approximate surface area is 141 Å². The molecule has 2 aromatic rings. The van der Waals surface area contributed by atoms with Crippen molar-refractivity contribution < 1.29 is 9.90 Å². The fraction of sp³-hybridized carbons (Fsp3) is 0.125. The number of aliphatic imine (C=N–C) groups is 1. The van der Waals surface area contributed by atoms with Gasteiger partial charge in [0.25, 0.3) is 0 Å². The number of aliphatic carboxylic acids is 1. The molecule has 4 nitrogen and oxygen atoms in total. The third-order valence-electron chi connectivity index (χ3n) is 3.66. The van der Waals surface area contributed by atoms with E-state index in [9.17, 15) is 9.90 Å². The molecule has 1 heterocycles. The molecule has 0 bridgehead atoms. The molecule has 0 radical (unpaired) electrons. The van der Waals surface area contributed by atoms with Crippen LogP contribution in [0, 0.1) is 0 Å². The molecule has 0 aliphatic carbocycles. The van der Waals surface area contributed by atoms with Crippen LogP contribution in [0.2, 0.25) is 5.02 Å². The SMILES string of the molecule is CC1(C(=O)O)NC(c2ccc(Br)cc2)=Nc2c(Cl)cccc21. The molecule has 1 aliphatic heterocycles. The summed E-state index contributed by atoms with van der Waals surface area (Å²) in [5.74, 6) is -0.501. The Bertz CT molecular complexity index is 789. The van der Waals surface area contributed by atoms with Crippen LogP contribution in [0.15, 0.2) is 51.9 Å². The van der Waals surface area contributed by atoms with E-state index in [0.29, 0.717) is 22.1 Å². The molecule has 2 aromatic carbocycles. The lowest BCUT2D eigenvalue weighted by Crippen LogP contribution is -2.51. The highest BCUT2D eigenvalue weighted by molar-refractivity contribution is 9.10. The highest BCUT2D eigenvalue weighted by Gasteiger charge is 2.41. The summed E-state index contributed by atoms with van der Waals surface area (Å²) in [7, 11) is 0. The Balaban J connectivity index is 2.21. The number of halogens is 2. The standard InChI is InChI=1S/C16H12BrClN2O2/c1-16(15(21)22)11-3-2-4-12(18)13(11)19-14(20-16)9-5-7-10(17)8-6-9/h2-8H,1H3,(H,19,20)(H,21,22). The quantitative estimate of drug-likeness (QED) is 0.826. The van der Waals surface area contributed by atoms with E-state index in [1.165, 1.54) is 0 Å². The van der Waals surface area contributed by atoms with Gasteiger partial charge in [-0.15, -0.1) is 0 Å². The minimum Gasteiger partial charge on any atom is -0.479 e. The van der Waals surface area contributed by atoms with Crippen molar-refractivity contribution in [2.45, 2.75) is 12.5 Å². The first-order valence-electron chi connectivity index (χ1n) is 6.57. The van der Waals surface area contributed by atoms with Gasteiger partial charge < -0.3 is 10.4 Å². The van der Waals surface area contributed by atoms with E-state index in [4.69, 9.17) is 11.6 Å². The first-order valence-corrected chi connectivity index (χ1v) is 7.74. The predicted octanol–water partition coefficient (Wildman–Crippen LogP) is 4.08. The number of rotatable bonds is 2. The molecule has 2 N–H and O–H groups in total. The Kier molecular flexibility index (Phi) is 3.70. The number of para-hydroxylation sites is 1. The van der Waals surface area contributed by atoms with Crippen LogP contribution in [0.25, 0.3) is 0 Å². The fourth-order valence-electron chi connectivity index (χ4n) is 2.39. The molecule has 22 heavy (non-hydrogen) atoms. The van der Waals surface area contributed by atoms with Crippen LogP contribution >= 0.6 is 27.5 Å². The molecule has 3 rings (SSSR count). The van der Waals surface area contributed by atoms with Gasteiger partial charge in [-0.05, 0) is 25.1 Å². The first kappa shape index (κ1) is 15.1. The van der Waals surface area contributed by atoms with Crippen molar-refractivity contribution in [3.63, 3.8) is 0 Å². The van der Waals surface area contributed by atoms with Crippen molar-refractivity contribution in [1.29, 1.82) is 0 Å². The minimum atomic E-state index is -1.29. The third-order valence-corrected chi connectivity index (χ3v) is 4.50. The number of amidine groups is 1. The van der Waals surface area contributed by atoms with E-state index in [2.05, 4.69) is 26.2 Å². The fourth-order valence-corrected chi connectivity index (χ4v) is 2.87. The summed E-state index contributed by atoms with van der Waals surface area (Å²) in [4.78, 5) is 16.3. The van der Waals surface area contributed by atoms with Crippen LogP contribution in [0.5, 0.6) is 0 Å². The first-order chi connectivity index (χ1) is 10.4. The van der Waals surface area contributed by atoms with Crippen LogP contribution in [0.4, 0.5) is 5.69 Å². The van der Waals surface area contributed by atoms with E-state index in [1.807, 2.05) is 24.3 Å². The molecule has 6 heteroatoms. The lowest BCUT2D eigenvalue weighted by Gasteiger charge is -2.33. The monoisotopic (exact) mass is 378 g/mol. The van der Waals surface area contributed by atoms with Gasteiger partial charge in [-0.1, -0.05) is 51.8 Å². The predicted molar refractivity (Wildman–Crippen MR) is 89.9 cm³/mol. The maximum atomic E-state index is 11.8. The van der Waals surface area contributed by atoms with Gasteiger partial charge in [0.2, 0.25) is 0 Å². The number of benzene rings is 2. The Morgan fingerprint density at radius 2 is 1.95 bits per heavy atom. The molecule has 0 saturated carbocycles. The number of hydrogen-bond acceptors (Lipinski definition) is 3. The third kappa shape index (κ3) is 2.40. The molecular formula is C16H12BrClN2O2. The second kappa shape index (κ2) is 5.41. The van der Waals surface area contributed by atoms with Crippen molar-refractivity contribution >= 4 is 45.0 Å². The highest BCUT2D eigenvalue weighted by atomic mass is 79.9. The minimum absolute atomic E-state index is 0.432. The number of hydrogen-bond donors (Lipinski definition) is 2. The molecule has 0 aromatic heterocycles. The number of carboxylic acids is 1. The Hall–Kier alpha value is -1.85. The van der Waals surface area contributed by atoms with E-state index in [1.54, 1.807) is 25.1 Å². The van der Waals surface area contributed by atoms with Crippen LogP contribution in [0.1, 0.15) is 18.1 Å². The van der Waals surface area contributed by atoms with Crippen molar-refractivity contribution in [1.82, 2.24) is 5.32 Å². The number of carboxylic acid groups (broad SMARTS) is 1. The summed E-state index contributed by atoms with van der Waals surface area (Å²) in [5.41, 5.74) is 0.546. The zero-order chi connectivity index (χ0) is 15.9. The summed E-state index contributed by atoms with van der Waals surface area (Å²) < 4.78 is 0.937. The average Bonchev–Trinajstić information content (AvgIpc) is 2.49. The van der Waals surface area contributed by atoms with Crippen molar-refractivity contribution in [2.75, 3.05) is 0 Å². The Morgan fingerprint density at radius 3 is 2.59 bits per heavy atom. The van der Waals surface area contributed by atoms with Crippen LogP contribution in [-0.2, 0) is 10.3 Å². The van der Waals surface area contributed by atoms with Gasteiger partial charge in [0.15, 0.2) is 5.54 Å². The van der Waals surface area contributed by atoms with E-state index in [-0.39, 0.29) is 0 Å². The molecule has 0 spiro atoms. The summed E-state index contributed by atoms with van der Waals surface area (Å²) >= 11 is 9.59. The van der Waals surface area contributed by atoms with Gasteiger partial charge in [0, 0.05) is 15.6 Å². The average molecular weight is 380 g/mol. The largest absolute Gasteiger partial charge is 0.479 e. The smallest absolute Gasteiger partial charge is 0.333 e. The van der Waals surface area contributed by atoms with Crippen molar-refractivity contribution in [3.05, 3.63) is 63.1 Å². The van der Waals surface area contributed by atoms with Gasteiger partial charge in [-0.2, -0.15) is 0 Å². The zero-order valence-corrected chi connectivity index (χ0v) is 13.9. The molecule has 1 atom stereocenters. The number of nitrogens with zero attached hydrogens (tertiary/aromatic N) is 1. The maximum Gasteiger partial charge on any atom is 0.333 e. The van der Waals surface area contributed by atoms with E-state index in [0.717, 1.165) is 10.0 Å². The summed E-state index contributed by atoms with van der Waals surface area (Å²) in [6, 6.07) is 12.6. The normalized spacial score (nSPS) is 19.9. The molecule has 0 saturated heterocycles. The Morgan fingerprint density at radius 1 is 1.27 bits per heavy atom. The molecule has 1 unspecified atom stereocenters. The van der Waals surface area contributed by atoms with Gasteiger partial charge in [0.05, 0.1) is 10.7 Å². The van der Waals surface area contributed by atoms with Gasteiger partial charge in [0.1, 0.15) is 5.84 Å². The summed E-state index contributed by atoms with van der Waals surface area (Å²) in [5, 5.41) is 13.1.